The van der Waals surface area contributed by atoms with Gasteiger partial charge in [-0.2, -0.15) is 0 Å². The predicted molar refractivity (Wildman–Crippen MR) is 87.5 cm³/mol. The molecule has 1 aliphatic heterocycles. The molecule has 1 fully saturated rings. The molecule has 2 N–H and O–H groups in total. The summed E-state index contributed by atoms with van der Waals surface area (Å²) in [4.78, 5) is 13.4. The molecule has 2 amide bonds. The van der Waals surface area contributed by atoms with Crippen LogP contribution in [0.5, 0.6) is 0 Å². The summed E-state index contributed by atoms with van der Waals surface area (Å²) in [5.41, 5.74) is -0.584. The van der Waals surface area contributed by atoms with Crippen molar-refractivity contribution in [3.8, 4) is 0 Å². The molecule has 0 saturated carbocycles. The molecule has 0 aromatic heterocycles. The first-order valence-corrected chi connectivity index (χ1v) is 7.83. The Morgan fingerprint density at radius 1 is 1.45 bits per heavy atom. The lowest BCUT2D eigenvalue weighted by molar-refractivity contribution is -0.0896. The smallest absolute Gasteiger partial charge is 0.330 e. The molecular weight excluding hydrogens is 279 g/mol. The van der Waals surface area contributed by atoms with Gasteiger partial charge in [0.25, 0.3) is 0 Å². The van der Waals surface area contributed by atoms with Crippen molar-refractivity contribution in [2.75, 3.05) is 19.6 Å². The van der Waals surface area contributed by atoms with Crippen LogP contribution in [0, 0.1) is 5.92 Å². The lowest BCUT2D eigenvalue weighted by atomic mass is 9.78. The number of rotatable bonds is 6. The van der Waals surface area contributed by atoms with Crippen LogP contribution in [0.2, 0.25) is 0 Å². The van der Waals surface area contributed by atoms with Gasteiger partial charge in [-0.1, -0.05) is 23.7 Å². The maximum atomic E-state index is 11.5. The fraction of sp³-hybridized carbons (Fsp3) is 0.688. The van der Waals surface area contributed by atoms with E-state index in [1.807, 2.05) is 24.8 Å². The zero-order valence-corrected chi connectivity index (χ0v) is 13.9. The summed E-state index contributed by atoms with van der Waals surface area (Å²) in [5.74, 6) is 0.350. The highest BCUT2D eigenvalue weighted by Crippen LogP contribution is 2.26. The van der Waals surface area contributed by atoms with Crippen LogP contribution in [0.4, 0.5) is 4.79 Å². The minimum Gasteiger partial charge on any atom is -0.427 e. The zero-order valence-electron chi connectivity index (χ0n) is 13.9. The second kappa shape index (κ2) is 6.46. The van der Waals surface area contributed by atoms with Gasteiger partial charge in [0.2, 0.25) is 0 Å². The quantitative estimate of drug-likeness (QED) is 0.734. The van der Waals surface area contributed by atoms with Crippen molar-refractivity contribution in [2.24, 2.45) is 5.92 Å². The molecule has 1 saturated heterocycles. The number of amides is 2. The van der Waals surface area contributed by atoms with Crippen LogP contribution in [-0.4, -0.2) is 54.4 Å². The number of hydrogen-bond acceptors (Lipinski definition) is 3. The molecule has 1 aliphatic carbocycles. The first-order valence-electron chi connectivity index (χ1n) is 7.83. The molecule has 0 aromatic rings. The molecule has 1 heterocycles. The average molecular weight is 305 g/mol. The normalized spacial score (nSPS) is 22.6. The largest absolute Gasteiger partial charge is 0.427 e. The van der Waals surface area contributed by atoms with Crippen LogP contribution >= 0.6 is 0 Å². The lowest BCUT2D eigenvalue weighted by Gasteiger charge is -2.37. The fourth-order valence-electron chi connectivity index (χ4n) is 2.23. The molecule has 22 heavy (non-hydrogen) atoms. The highest BCUT2D eigenvalue weighted by atomic mass is 16.5. The summed E-state index contributed by atoms with van der Waals surface area (Å²) in [5, 5.41) is 12.9. The van der Waals surface area contributed by atoms with Crippen LogP contribution in [0.15, 0.2) is 23.7 Å². The number of urea groups is 1. The zero-order chi connectivity index (χ0) is 16.4. The van der Waals surface area contributed by atoms with Crippen molar-refractivity contribution < 1.29 is 14.6 Å². The third kappa shape index (κ3) is 4.14. The Kier molecular flexibility index (Phi) is 5.02. The van der Waals surface area contributed by atoms with Gasteiger partial charge in [0.1, 0.15) is 0 Å². The van der Waals surface area contributed by atoms with Crippen molar-refractivity contribution in [3.63, 3.8) is 0 Å². The summed E-state index contributed by atoms with van der Waals surface area (Å²) in [6.45, 7) is 9.49. The Hall–Kier alpha value is -1.27. The summed E-state index contributed by atoms with van der Waals surface area (Å²) < 4.78 is 5.75. The molecule has 0 aromatic carbocycles. The standard InChI is InChI=1S/C16H26BN2O3/c1-15(2,21)16(3,4)22-17-13-7-5-12(6-8-13)11-19-10-9-18-14(19)20/h5,7-8,12,21H,6,9-11H2,1-4H3,(H,18,20). The van der Waals surface area contributed by atoms with E-state index in [0.29, 0.717) is 5.92 Å². The topological polar surface area (TPSA) is 61.8 Å². The molecule has 6 heteroatoms. The van der Waals surface area contributed by atoms with Gasteiger partial charge in [0, 0.05) is 19.6 Å². The van der Waals surface area contributed by atoms with Gasteiger partial charge in [0.15, 0.2) is 0 Å². The Bertz CT molecular complexity index is 480. The van der Waals surface area contributed by atoms with E-state index < -0.39 is 11.2 Å². The fourth-order valence-corrected chi connectivity index (χ4v) is 2.23. The Morgan fingerprint density at radius 3 is 2.68 bits per heavy atom. The predicted octanol–water partition coefficient (Wildman–Crippen LogP) is 1.66. The highest BCUT2D eigenvalue weighted by molar-refractivity contribution is 6.39. The number of carbonyl (C=O) groups excluding carboxylic acids is 1. The summed E-state index contributed by atoms with van der Waals surface area (Å²) in [6.07, 6.45) is 7.14. The van der Waals surface area contributed by atoms with E-state index >= 15 is 0 Å². The number of aliphatic hydroxyl groups is 1. The SMILES string of the molecule is CC(C)(O)C(C)(C)O[B]C1=CCC(CN2CCNC2=O)C=C1. The van der Waals surface area contributed by atoms with E-state index in [1.54, 1.807) is 21.3 Å². The van der Waals surface area contributed by atoms with Crippen molar-refractivity contribution in [3.05, 3.63) is 23.7 Å². The van der Waals surface area contributed by atoms with Crippen LogP contribution in [0.25, 0.3) is 0 Å². The Labute approximate surface area is 133 Å². The molecule has 0 spiro atoms. The van der Waals surface area contributed by atoms with Crippen molar-refractivity contribution >= 4 is 13.5 Å². The van der Waals surface area contributed by atoms with Gasteiger partial charge in [0.05, 0.1) is 11.2 Å². The van der Waals surface area contributed by atoms with Gasteiger partial charge in [-0.3, -0.25) is 0 Å². The van der Waals surface area contributed by atoms with Gasteiger partial charge >= 0.3 is 13.5 Å². The van der Waals surface area contributed by atoms with Crippen LogP contribution in [0.3, 0.4) is 0 Å². The van der Waals surface area contributed by atoms with E-state index in [2.05, 4.69) is 17.5 Å². The first-order chi connectivity index (χ1) is 10.2. The summed E-state index contributed by atoms with van der Waals surface area (Å²) >= 11 is 0. The van der Waals surface area contributed by atoms with E-state index in [0.717, 1.165) is 31.5 Å². The van der Waals surface area contributed by atoms with Crippen molar-refractivity contribution in [2.45, 2.75) is 45.3 Å². The summed E-state index contributed by atoms with van der Waals surface area (Å²) in [6, 6.07) is 0.0324. The molecule has 5 nitrogen and oxygen atoms in total. The number of allylic oxidation sites excluding steroid dienone is 3. The van der Waals surface area contributed by atoms with E-state index in [-0.39, 0.29) is 6.03 Å². The molecular formula is C16H26BN2O3. The number of nitrogens with zero attached hydrogens (tertiary/aromatic N) is 1. The molecule has 1 radical (unpaired) electrons. The second-order valence-electron chi connectivity index (χ2n) is 7.04. The molecule has 121 valence electrons. The second-order valence-corrected chi connectivity index (χ2v) is 7.04. The number of carbonyl (C=O) groups is 1. The van der Waals surface area contributed by atoms with Crippen molar-refractivity contribution in [1.82, 2.24) is 10.2 Å². The van der Waals surface area contributed by atoms with E-state index in [9.17, 15) is 9.90 Å². The van der Waals surface area contributed by atoms with E-state index in [4.69, 9.17) is 4.65 Å². The number of hydrogen-bond donors (Lipinski definition) is 2. The average Bonchev–Trinajstić information content (AvgIpc) is 2.82. The minimum absolute atomic E-state index is 0.0324. The van der Waals surface area contributed by atoms with Crippen LogP contribution in [0.1, 0.15) is 34.1 Å². The van der Waals surface area contributed by atoms with Crippen LogP contribution < -0.4 is 5.32 Å². The molecule has 2 rings (SSSR count). The lowest BCUT2D eigenvalue weighted by Crippen LogP contribution is -2.48. The third-order valence-electron chi connectivity index (χ3n) is 4.58. The third-order valence-corrected chi connectivity index (χ3v) is 4.58. The molecule has 1 atom stereocenters. The minimum atomic E-state index is -0.923. The van der Waals surface area contributed by atoms with Gasteiger partial charge < -0.3 is 20.0 Å². The van der Waals surface area contributed by atoms with Gasteiger partial charge in [-0.05, 0) is 40.0 Å². The molecule has 0 bridgehead atoms. The van der Waals surface area contributed by atoms with Gasteiger partial charge in [-0.25, -0.2) is 4.79 Å². The van der Waals surface area contributed by atoms with Crippen LogP contribution in [-0.2, 0) is 4.65 Å². The van der Waals surface area contributed by atoms with Crippen molar-refractivity contribution in [1.29, 1.82) is 0 Å². The maximum absolute atomic E-state index is 11.5. The highest BCUT2D eigenvalue weighted by Gasteiger charge is 2.35. The maximum Gasteiger partial charge on any atom is 0.330 e. The van der Waals surface area contributed by atoms with E-state index in [1.165, 1.54) is 0 Å². The monoisotopic (exact) mass is 305 g/mol. The molecule has 1 unspecified atom stereocenters. The number of nitrogens with one attached hydrogen (secondary N) is 1. The first kappa shape index (κ1) is 17.1. The Balaban J connectivity index is 1.80. The van der Waals surface area contributed by atoms with Gasteiger partial charge in [-0.15, -0.1) is 0 Å². The molecule has 2 aliphatic rings. The summed E-state index contributed by atoms with van der Waals surface area (Å²) in [7, 11) is 1.70. The Morgan fingerprint density at radius 2 is 2.18 bits per heavy atom.